The number of aromatic nitrogens is 2. The van der Waals surface area contributed by atoms with Crippen LogP contribution in [-0.4, -0.2) is 47.1 Å². The number of amides is 2. The molecule has 1 aliphatic rings. The minimum atomic E-state index is -0.146. The fourth-order valence-corrected chi connectivity index (χ4v) is 4.08. The van der Waals surface area contributed by atoms with E-state index < -0.39 is 0 Å². The highest BCUT2D eigenvalue weighted by molar-refractivity contribution is 7.16. The van der Waals surface area contributed by atoms with Crippen molar-refractivity contribution in [2.24, 2.45) is 0 Å². The van der Waals surface area contributed by atoms with Gasteiger partial charge in [0.1, 0.15) is 5.82 Å². The van der Waals surface area contributed by atoms with E-state index in [1.54, 1.807) is 11.1 Å². The number of halogens is 2. The zero-order valence-electron chi connectivity index (χ0n) is 17.2. The summed E-state index contributed by atoms with van der Waals surface area (Å²) in [5.41, 5.74) is 0.858. The molecule has 3 heterocycles. The molecule has 1 aliphatic heterocycles. The lowest BCUT2D eigenvalue weighted by Gasteiger charge is -2.35. The number of rotatable bonds is 4. The first-order valence-corrected chi connectivity index (χ1v) is 11.3. The highest BCUT2D eigenvalue weighted by Gasteiger charge is 2.23. The third-order valence-corrected chi connectivity index (χ3v) is 5.97. The van der Waals surface area contributed by atoms with Gasteiger partial charge in [-0.2, -0.15) is 0 Å². The van der Waals surface area contributed by atoms with Gasteiger partial charge in [0.05, 0.1) is 15.6 Å². The zero-order chi connectivity index (χ0) is 21.4. The van der Waals surface area contributed by atoms with Crippen molar-refractivity contribution in [2.75, 3.05) is 36.4 Å². The van der Waals surface area contributed by atoms with Gasteiger partial charge in [0.25, 0.3) is 0 Å². The molecule has 2 aromatic rings. The fraction of sp³-hybridized carbons (Fsp3) is 0.450. The lowest BCUT2D eigenvalue weighted by Crippen LogP contribution is -2.50. The third-order valence-electron chi connectivity index (χ3n) is 4.28. The van der Waals surface area contributed by atoms with Gasteiger partial charge < -0.3 is 9.80 Å². The molecule has 0 saturated carbocycles. The minimum absolute atomic E-state index is 0.146. The number of carbonyl (C=O) groups is 1. The molecular formula is C20H27Cl2N5OS. The Labute approximate surface area is 186 Å². The molecule has 9 heteroatoms. The van der Waals surface area contributed by atoms with Gasteiger partial charge >= 0.3 is 6.03 Å². The number of hydrogen-bond donors (Lipinski definition) is 1. The predicted molar refractivity (Wildman–Crippen MR) is 124 cm³/mol. The Balaban J connectivity index is 0.00000145. The van der Waals surface area contributed by atoms with Gasteiger partial charge in [-0.15, -0.1) is 0 Å². The van der Waals surface area contributed by atoms with E-state index in [-0.39, 0.29) is 6.03 Å². The van der Waals surface area contributed by atoms with Crippen molar-refractivity contribution >= 4 is 57.6 Å². The Morgan fingerprint density at radius 1 is 1.31 bits per heavy atom. The van der Waals surface area contributed by atoms with Gasteiger partial charge in [-0.3, -0.25) is 5.32 Å². The maximum absolute atomic E-state index is 12.6. The topological polar surface area (TPSA) is 61.4 Å². The second-order valence-electron chi connectivity index (χ2n) is 6.13. The van der Waals surface area contributed by atoms with Crippen LogP contribution in [0.1, 0.15) is 37.8 Å². The summed E-state index contributed by atoms with van der Waals surface area (Å²) in [5, 5.41) is 4.87. The van der Waals surface area contributed by atoms with Crippen LogP contribution >= 0.6 is 34.5 Å². The second kappa shape index (κ2) is 11.4. The Kier molecular flexibility index (Phi) is 9.20. The number of thiazole rings is 1. The van der Waals surface area contributed by atoms with Gasteiger partial charge in [0.2, 0.25) is 0 Å². The van der Waals surface area contributed by atoms with Crippen molar-refractivity contribution in [2.45, 2.75) is 34.1 Å². The summed E-state index contributed by atoms with van der Waals surface area (Å²) in [7, 11) is 0. The molecule has 0 aliphatic carbocycles. The number of hydrogen-bond acceptors (Lipinski definition) is 5. The van der Waals surface area contributed by atoms with E-state index >= 15 is 0 Å². The lowest BCUT2D eigenvalue weighted by molar-refractivity contribution is 0.208. The molecule has 1 fully saturated rings. The van der Waals surface area contributed by atoms with E-state index in [2.05, 4.69) is 20.2 Å². The van der Waals surface area contributed by atoms with Crippen LogP contribution in [0.5, 0.6) is 0 Å². The normalized spacial score (nSPS) is 14.3. The number of carbonyl (C=O) groups excluding carboxylic acids is 1. The molecule has 29 heavy (non-hydrogen) atoms. The number of piperazine rings is 1. The van der Waals surface area contributed by atoms with Gasteiger partial charge in [-0.05, 0) is 31.6 Å². The van der Waals surface area contributed by atoms with E-state index in [4.69, 9.17) is 23.2 Å². The molecule has 0 atom stereocenters. The molecule has 158 valence electrons. The van der Waals surface area contributed by atoms with Crippen LogP contribution in [0.15, 0.2) is 23.4 Å². The molecule has 0 aromatic carbocycles. The molecule has 0 spiro atoms. The number of pyridine rings is 1. The number of nitrogens with zero attached hydrogens (tertiary/aromatic N) is 4. The van der Waals surface area contributed by atoms with E-state index in [9.17, 15) is 4.79 Å². The molecule has 6 nitrogen and oxygen atoms in total. The van der Waals surface area contributed by atoms with Gasteiger partial charge in [-0.25, -0.2) is 14.8 Å². The SMILES string of the molecule is CC.CC/C(Cl)=C\c1sc(NC(=O)N2CCN(c3ncccc3Cl)CC2)nc1C. The number of aryl methyl sites for hydroxylation is 1. The van der Waals surface area contributed by atoms with E-state index in [1.165, 1.54) is 11.3 Å². The highest BCUT2D eigenvalue weighted by Crippen LogP contribution is 2.27. The average Bonchev–Trinajstić information content (AvgIpc) is 3.08. The first-order valence-electron chi connectivity index (χ1n) is 9.72. The summed E-state index contributed by atoms with van der Waals surface area (Å²) >= 11 is 13.7. The molecule has 1 N–H and O–H groups in total. The maximum atomic E-state index is 12.6. The molecule has 2 amide bonds. The maximum Gasteiger partial charge on any atom is 0.323 e. The van der Waals surface area contributed by atoms with Crippen LogP contribution < -0.4 is 10.2 Å². The Morgan fingerprint density at radius 3 is 2.62 bits per heavy atom. The van der Waals surface area contributed by atoms with Crippen molar-refractivity contribution in [3.05, 3.63) is 39.0 Å². The standard InChI is InChI=1S/C18H21Cl2N5OS.C2H6/c1-3-13(19)11-15-12(2)22-17(27-15)23-18(26)25-9-7-24(8-10-25)16-14(20)5-4-6-21-16;1-2/h4-6,11H,3,7-10H2,1-2H3,(H,22,23,26);1-2H3/b13-11+;. The van der Waals surface area contributed by atoms with E-state index in [0.29, 0.717) is 36.3 Å². The first kappa shape index (κ1) is 23.4. The molecule has 1 saturated heterocycles. The van der Waals surface area contributed by atoms with Crippen molar-refractivity contribution in [3.8, 4) is 0 Å². The fourth-order valence-electron chi connectivity index (χ4n) is 2.74. The highest BCUT2D eigenvalue weighted by atomic mass is 35.5. The Morgan fingerprint density at radius 2 is 2.00 bits per heavy atom. The van der Waals surface area contributed by atoms with Crippen molar-refractivity contribution in [1.82, 2.24) is 14.9 Å². The van der Waals surface area contributed by atoms with Crippen LogP contribution in [0.4, 0.5) is 15.7 Å². The summed E-state index contributed by atoms with van der Waals surface area (Å²) in [6.45, 7) is 10.5. The van der Waals surface area contributed by atoms with Crippen LogP contribution in [0.2, 0.25) is 5.02 Å². The summed E-state index contributed by atoms with van der Waals surface area (Å²) in [6, 6.07) is 3.49. The molecule has 0 bridgehead atoms. The summed E-state index contributed by atoms with van der Waals surface area (Å²) in [4.78, 5) is 26.1. The van der Waals surface area contributed by atoms with Gasteiger partial charge in [-0.1, -0.05) is 55.3 Å². The summed E-state index contributed by atoms with van der Waals surface area (Å²) < 4.78 is 0. The largest absolute Gasteiger partial charge is 0.352 e. The van der Waals surface area contributed by atoms with Crippen LogP contribution in [-0.2, 0) is 0 Å². The molecule has 2 aromatic heterocycles. The van der Waals surface area contributed by atoms with Gasteiger partial charge in [0.15, 0.2) is 5.13 Å². The average molecular weight is 456 g/mol. The number of nitrogens with one attached hydrogen (secondary N) is 1. The molecule has 3 rings (SSSR count). The smallest absolute Gasteiger partial charge is 0.323 e. The van der Waals surface area contributed by atoms with Gasteiger partial charge in [0, 0.05) is 37.4 Å². The predicted octanol–water partition coefficient (Wildman–Crippen LogP) is 5.87. The summed E-state index contributed by atoms with van der Waals surface area (Å²) in [5.74, 6) is 0.763. The van der Waals surface area contributed by atoms with Crippen molar-refractivity contribution < 1.29 is 4.79 Å². The van der Waals surface area contributed by atoms with Crippen molar-refractivity contribution in [1.29, 1.82) is 0 Å². The first-order chi connectivity index (χ1) is 14.0. The second-order valence-corrected chi connectivity index (χ2v) is 8.05. The molecular weight excluding hydrogens is 429 g/mol. The van der Waals surface area contributed by atoms with Crippen molar-refractivity contribution in [3.63, 3.8) is 0 Å². The molecule has 0 unspecified atom stereocenters. The van der Waals surface area contributed by atoms with E-state index in [1.807, 2.05) is 45.9 Å². The van der Waals surface area contributed by atoms with E-state index in [0.717, 1.165) is 27.8 Å². The number of anilines is 2. The number of urea groups is 1. The summed E-state index contributed by atoms with van der Waals surface area (Å²) in [6.07, 6.45) is 4.40. The van der Waals surface area contributed by atoms with Crippen LogP contribution in [0.3, 0.4) is 0 Å². The van der Waals surface area contributed by atoms with Crippen LogP contribution in [0, 0.1) is 6.92 Å². The Hall–Kier alpha value is -1.83. The third kappa shape index (κ3) is 6.32. The van der Waals surface area contributed by atoms with Crippen LogP contribution in [0.25, 0.3) is 6.08 Å². The zero-order valence-corrected chi connectivity index (χ0v) is 19.5. The molecule has 0 radical (unpaired) electrons. The lowest BCUT2D eigenvalue weighted by atomic mass is 10.3. The Bertz CT molecular complexity index is 847. The minimum Gasteiger partial charge on any atom is -0.352 e. The number of allylic oxidation sites excluding steroid dienone is 1. The monoisotopic (exact) mass is 455 g/mol. The quantitative estimate of drug-likeness (QED) is 0.625.